The second-order valence-electron chi connectivity index (χ2n) is 3.02. The van der Waals surface area contributed by atoms with Gasteiger partial charge in [-0.1, -0.05) is 0 Å². The molecule has 0 saturated heterocycles. The molecule has 11 heavy (non-hydrogen) atoms. The van der Waals surface area contributed by atoms with Crippen molar-refractivity contribution in [1.29, 1.82) is 0 Å². The molecule has 0 fully saturated rings. The Labute approximate surface area is 66.4 Å². The molecule has 0 bridgehead atoms. The Bertz CT molecular complexity index is 125. The van der Waals surface area contributed by atoms with Crippen LogP contribution < -0.4 is 0 Å². The normalized spacial score (nSPS) is 10.9. The third-order valence-electron chi connectivity index (χ3n) is 0.684. The van der Waals surface area contributed by atoms with Crippen LogP contribution in [0.1, 0.15) is 20.8 Å². The highest BCUT2D eigenvalue weighted by atomic mass is 16.8. The third kappa shape index (κ3) is 7.12. The maximum atomic E-state index is 10.7. The topological polar surface area (TPSA) is 44.8 Å². The van der Waals surface area contributed by atoms with Crippen LogP contribution in [0.5, 0.6) is 0 Å². The fourth-order valence-electron chi connectivity index (χ4n) is 0.387. The quantitative estimate of drug-likeness (QED) is 0.456. The fraction of sp³-hybridized carbons (Fsp3) is 0.857. The van der Waals surface area contributed by atoms with Gasteiger partial charge in [0.1, 0.15) is 5.60 Å². The van der Waals surface area contributed by atoms with E-state index < -0.39 is 11.8 Å². The van der Waals surface area contributed by atoms with Gasteiger partial charge in [-0.3, -0.25) is 0 Å². The van der Waals surface area contributed by atoms with E-state index in [1.54, 1.807) is 20.8 Å². The van der Waals surface area contributed by atoms with Crippen LogP contribution in [0.4, 0.5) is 4.79 Å². The molecule has 0 amide bonds. The van der Waals surface area contributed by atoms with Crippen molar-refractivity contribution in [2.24, 2.45) is 0 Å². The van der Waals surface area contributed by atoms with Gasteiger partial charge in [0.05, 0.1) is 0 Å². The molecule has 0 heterocycles. The predicted octanol–water partition coefficient (Wildman–Crippen LogP) is 1.54. The fourth-order valence-corrected chi connectivity index (χ4v) is 0.387. The van der Waals surface area contributed by atoms with Gasteiger partial charge in [0.25, 0.3) is 0 Å². The molecule has 4 heteroatoms. The molecular weight excluding hydrogens is 148 g/mol. The van der Waals surface area contributed by atoms with Gasteiger partial charge < -0.3 is 14.2 Å². The summed E-state index contributed by atoms with van der Waals surface area (Å²) in [5.41, 5.74) is -0.509. The summed E-state index contributed by atoms with van der Waals surface area (Å²) in [6.07, 6.45) is -0.709. The molecule has 0 N–H and O–H groups in total. The highest BCUT2D eigenvalue weighted by Crippen LogP contribution is 2.07. The molecule has 0 aliphatic rings. The zero-order valence-electron chi connectivity index (χ0n) is 7.34. The summed E-state index contributed by atoms with van der Waals surface area (Å²) in [7, 11) is 1.43. The van der Waals surface area contributed by atoms with Gasteiger partial charge in [-0.15, -0.1) is 0 Å². The van der Waals surface area contributed by atoms with Crippen LogP contribution in [0, 0.1) is 0 Å². The zero-order valence-corrected chi connectivity index (χ0v) is 7.34. The number of hydrogen-bond acceptors (Lipinski definition) is 4. The Morgan fingerprint density at radius 2 is 1.91 bits per heavy atom. The summed E-state index contributed by atoms with van der Waals surface area (Å²) in [6, 6.07) is 0. The first-order chi connectivity index (χ1) is 4.95. The van der Waals surface area contributed by atoms with Crippen LogP contribution in [-0.2, 0) is 14.2 Å². The number of rotatable bonds is 2. The summed E-state index contributed by atoms with van der Waals surface area (Å²) in [5.74, 6) is 0. The molecule has 0 saturated carbocycles. The van der Waals surface area contributed by atoms with E-state index in [0.29, 0.717) is 0 Å². The average molecular weight is 162 g/mol. The van der Waals surface area contributed by atoms with Crippen LogP contribution in [0.3, 0.4) is 0 Å². The molecule has 66 valence electrons. The molecule has 0 unspecified atom stereocenters. The Morgan fingerprint density at radius 3 is 2.27 bits per heavy atom. The second kappa shape index (κ2) is 4.18. The molecule has 0 aromatic rings. The lowest BCUT2D eigenvalue weighted by Crippen LogP contribution is -2.24. The lowest BCUT2D eigenvalue weighted by Gasteiger charge is -2.18. The van der Waals surface area contributed by atoms with Crippen LogP contribution in [0.15, 0.2) is 0 Å². The van der Waals surface area contributed by atoms with Crippen molar-refractivity contribution in [3.63, 3.8) is 0 Å². The van der Waals surface area contributed by atoms with Crippen molar-refractivity contribution in [3.05, 3.63) is 0 Å². The van der Waals surface area contributed by atoms with E-state index in [0.717, 1.165) is 0 Å². The van der Waals surface area contributed by atoms with E-state index in [-0.39, 0.29) is 6.79 Å². The van der Waals surface area contributed by atoms with E-state index in [1.807, 2.05) is 0 Å². The van der Waals surface area contributed by atoms with Gasteiger partial charge in [0.15, 0.2) is 6.79 Å². The van der Waals surface area contributed by atoms with Crippen LogP contribution in [0.2, 0.25) is 0 Å². The number of carbonyl (C=O) groups excluding carboxylic acids is 1. The maximum Gasteiger partial charge on any atom is 0.510 e. The van der Waals surface area contributed by atoms with E-state index in [4.69, 9.17) is 4.74 Å². The number of methoxy groups -OCH3 is 1. The lowest BCUT2D eigenvalue weighted by atomic mass is 10.2. The van der Waals surface area contributed by atoms with Crippen molar-refractivity contribution in [3.8, 4) is 0 Å². The third-order valence-corrected chi connectivity index (χ3v) is 0.684. The minimum absolute atomic E-state index is 0.0745. The molecule has 0 atom stereocenters. The SMILES string of the molecule is COCOC(=O)OC(C)(C)C. The van der Waals surface area contributed by atoms with Gasteiger partial charge in [-0.05, 0) is 20.8 Å². The lowest BCUT2D eigenvalue weighted by molar-refractivity contribution is -0.0553. The van der Waals surface area contributed by atoms with Gasteiger partial charge in [-0.2, -0.15) is 0 Å². The van der Waals surface area contributed by atoms with Crippen molar-refractivity contribution in [1.82, 2.24) is 0 Å². The Balaban J connectivity index is 3.53. The van der Waals surface area contributed by atoms with Gasteiger partial charge in [0.2, 0.25) is 0 Å². The van der Waals surface area contributed by atoms with Gasteiger partial charge in [0, 0.05) is 7.11 Å². The Hall–Kier alpha value is -0.770. The molecule has 0 aliphatic carbocycles. The standard InChI is InChI=1S/C7H14O4/c1-7(2,3)11-6(8)10-5-9-4/h5H2,1-4H3. The van der Waals surface area contributed by atoms with Crippen LogP contribution in [0.25, 0.3) is 0 Å². The molecule has 0 radical (unpaired) electrons. The second-order valence-corrected chi connectivity index (χ2v) is 3.02. The minimum atomic E-state index is -0.709. The number of ether oxygens (including phenoxy) is 3. The van der Waals surface area contributed by atoms with Crippen molar-refractivity contribution in [2.75, 3.05) is 13.9 Å². The summed E-state index contributed by atoms with van der Waals surface area (Å²) in [4.78, 5) is 10.7. The summed E-state index contributed by atoms with van der Waals surface area (Å²) >= 11 is 0. The van der Waals surface area contributed by atoms with Crippen molar-refractivity contribution < 1.29 is 19.0 Å². The molecule has 0 aromatic carbocycles. The van der Waals surface area contributed by atoms with Crippen LogP contribution >= 0.6 is 0 Å². The van der Waals surface area contributed by atoms with E-state index in [9.17, 15) is 4.79 Å². The van der Waals surface area contributed by atoms with E-state index >= 15 is 0 Å². The average Bonchev–Trinajstić information content (AvgIpc) is 1.79. The molecule has 0 spiro atoms. The summed E-state index contributed by atoms with van der Waals surface area (Å²) in [6.45, 7) is 5.22. The summed E-state index contributed by atoms with van der Waals surface area (Å²) in [5, 5.41) is 0. The smallest absolute Gasteiger partial charge is 0.429 e. The highest BCUT2D eigenvalue weighted by Gasteiger charge is 2.16. The summed E-state index contributed by atoms with van der Waals surface area (Å²) < 4.78 is 13.8. The Morgan fingerprint density at radius 1 is 1.36 bits per heavy atom. The highest BCUT2D eigenvalue weighted by molar-refractivity contribution is 5.60. The monoisotopic (exact) mass is 162 g/mol. The van der Waals surface area contributed by atoms with Crippen LogP contribution in [-0.4, -0.2) is 25.7 Å². The minimum Gasteiger partial charge on any atom is -0.429 e. The zero-order chi connectivity index (χ0) is 8.91. The molecular formula is C7H14O4. The Kier molecular flexibility index (Phi) is 3.89. The first-order valence-electron chi connectivity index (χ1n) is 3.30. The largest absolute Gasteiger partial charge is 0.510 e. The van der Waals surface area contributed by atoms with E-state index in [2.05, 4.69) is 9.47 Å². The predicted molar refractivity (Wildman–Crippen MR) is 39.2 cm³/mol. The van der Waals surface area contributed by atoms with Gasteiger partial charge in [-0.25, -0.2) is 4.79 Å². The van der Waals surface area contributed by atoms with Crippen molar-refractivity contribution in [2.45, 2.75) is 26.4 Å². The van der Waals surface area contributed by atoms with Crippen molar-refractivity contribution >= 4 is 6.16 Å². The molecule has 0 aliphatic heterocycles. The first-order valence-corrected chi connectivity index (χ1v) is 3.30. The van der Waals surface area contributed by atoms with E-state index in [1.165, 1.54) is 7.11 Å². The molecule has 0 aromatic heterocycles. The molecule has 4 nitrogen and oxygen atoms in total. The number of carbonyl (C=O) groups is 1. The maximum absolute atomic E-state index is 10.7. The first kappa shape index (κ1) is 10.2. The number of hydrogen-bond donors (Lipinski definition) is 0. The molecule has 0 rings (SSSR count). The van der Waals surface area contributed by atoms with Gasteiger partial charge >= 0.3 is 6.16 Å².